The lowest BCUT2D eigenvalue weighted by Gasteiger charge is -2.34. The molecule has 2 aromatic rings. The molecular formula is C17H18F3N3O. The first-order valence-electron chi connectivity index (χ1n) is 7.82. The SMILES string of the molecule is CNC(=O)C1CCCN(c2ccnc3cc(C(F)(F)F)ccc23)C1. The summed E-state index contributed by atoms with van der Waals surface area (Å²) in [7, 11) is 1.61. The van der Waals surface area contributed by atoms with E-state index >= 15 is 0 Å². The van der Waals surface area contributed by atoms with Crippen molar-refractivity contribution in [2.45, 2.75) is 19.0 Å². The van der Waals surface area contributed by atoms with Crippen molar-refractivity contribution in [2.24, 2.45) is 5.92 Å². The van der Waals surface area contributed by atoms with Crippen molar-refractivity contribution in [3.8, 4) is 0 Å². The first-order chi connectivity index (χ1) is 11.4. The minimum atomic E-state index is -4.39. The maximum Gasteiger partial charge on any atom is 0.416 e. The number of carbonyl (C=O) groups excluding carboxylic acids is 1. The molecule has 1 aliphatic heterocycles. The highest BCUT2D eigenvalue weighted by atomic mass is 19.4. The normalized spacial score (nSPS) is 18.7. The number of hydrogen-bond acceptors (Lipinski definition) is 3. The summed E-state index contributed by atoms with van der Waals surface area (Å²) >= 11 is 0. The summed E-state index contributed by atoms with van der Waals surface area (Å²) in [5.41, 5.74) is 0.424. The highest BCUT2D eigenvalue weighted by Crippen LogP contribution is 2.34. The third-order valence-corrected chi connectivity index (χ3v) is 4.43. The highest BCUT2D eigenvalue weighted by Gasteiger charge is 2.31. The number of piperidine rings is 1. The molecule has 1 amide bonds. The van der Waals surface area contributed by atoms with Gasteiger partial charge in [-0.3, -0.25) is 9.78 Å². The van der Waals surface area contributed by atoms with Crippen LogP contribution >= 0.6 is 0 Å². The number of pyridine rings is 1. The molecule has 0 radical (unpaired) electrons. The molecule has 24 heavy (non-hydrogen) atoms. The van der Waals surface area contributed by atoms with Gasteiger partial charge in [-0.2, -0.15) is 13.2 Å². The van der Waals surface area contributed by atoms with Crippen LogP contribution < -0.4 is 10.2 Å². The van der Waals surface area contributed by atoms with Crippen LogP contribution in [0.15, 0.2) is 30.5 Å². The fourth-order valence-electron chi connectivity index (χ4n) is 3.20. The Balaban J connectivity index is 1.96. The molecule has 1 fully saturated rings. The Morgan fingerprint density at radius 2 is 2.12 bits per heavy atom. The van der Waals surface area contributed by atoms with Crippen molar-refractivity contribution in [2.75, 3.05) is 25.0 Å². The monoisotopic (exact) mass is 337 g/mol. The van der Waals surface area contributed by atoms with E-state index in [9.17, 15) is 18.0 Å². The topological polar surface area (TPSA) is 45.2 Å². The lowest BCUT2D eigenvalue weighted by molar-refractivity contribution is -0.137. The smallest absolute Gasteiger partial charge is 0.370 e. The zero-order chi connectivity index (χ0) is 17.3. The number of alkyl halides is 3. The Hall–Kier alpha value is -2.31. The summed E-state index contributed by atoms with van der Waals surface area (Å²) in [6, 6.07) is 5.40. The van der Waals surface area contributed by atoms with Crippen LogP contribution in [0.5, 0.6) is 0 Å². The molecule has 0 saturated carbocycles. The van der Waals surface area contributed by atoms with Crippen LogP contribution in [0.2, 0.25) is 0 Å². The van der Waals surface area contributed by atoms with Gasteiger partial charge in [0.05, 0.1) is 17.0 Å². The predicted molar refractivity (Wildman–Crippen MR) is 85.7 cm³/mol. The molecular weight excluding hydrogens is 319 g/mol. The largest absolute Gasteiger partial charge is 0.416 e. The minimum absolute atomic E-state index is 0.00239. The van der Waals surface area contributed by atoms with Gasteiger partial charge in [0, 0.05) is 37.4 Å². The molecule has 2 heterocycles. The van der Waals surface area contributed by atoms with Gasteiger partial charge in [-0.15, -0.1) is 0 Å². The Morgan fingerprint density at radius 1 is 1.33 bits per heavy atom. The van der Waals surface area contributed by atoms with Crippen molar-refractivity contribution < 1.29 is 18.0 Å². The highest BCUT2D eigenvalue weighted by molar-refractivity contribution is 5.92. The predicted octanol–water partition coefficient (Wildman–Crippen LogP) is 3.22. The molecule has 4 nitrogen and oxygen atoms in total. The van der Waals surface area contributed by atoms with Gasteiger partial charge in [-0.05, 0) is 31.0 Å². The molecule has 0 bridgehead atoms. The minimum Gasteiger partial charge on any atom is -0.370 e. The molecule has 1 saturated heterocycles. The van der Waals surface area contributed by atoms with E-state index in [-0.39, 0.29) is 11.8 Å². The van der Waals surface area contributed by atoms with Crippen LogP contribution in [-0.2, 0) is 11.0 Å². The van der Waals surface area contributed by atoms with Gasteiger partial charge in [-0.25, -0.2) is 0 Å². The molecule has 128 valence electrons. The molecule has 1 aliphatic rings. The summed E-state index contributed by atoms with van der Waals surface area (Å²) < 4.78 is 38.6. The Labute approximate surface area is 137 Å². The van der Waals surface area contributed by atoms with Crippen molar-refractivity contribution in [1.29, 1.82) is 0 Å². The number of carbonyl (C=O) groups is 1. The Kier molecular flexibility index (Phi) is 4.34. The maximum atomic E-state index is 12.9. The third-order valence-electron chi connectivity index (χ3n) is 4.43. The lowest BCUT2D eigenvalue weighted by atomic mass is 9.96. The van der Waals surface area contributed by atoms with Crippen LogP contribution in [0.4, 0.5) is 18.9 Å². The third kappa shape index (κ3) is 3.16. The number of anilines is 1. The number of benzene rings is 1. The molecule has 1 aromatic heterocycles. The standard InChI is InChI=1S/C17H18F3N3O/c1-21-16(24)11-3-2-8-23(10-11)15-6-7-22-14-9-12(17(18,19)20)4-5-13(14)15/h4-7,9,11H,2-3,8,10H2,1H3,(H,21,24). The zero-order valence-electron chi connectivity index (χ0n) is 13.2. The summed E-state index contributed by atoms with van der Waals surface area (Å²) in [4.78, 5) is 18.0. The number of aromatic nitrogens is 1. The number of hydrogen-bond donors (Lipinski definition) is 1. The van der Waals surface area contributed by atoms with Gasteiger partial charge in [0.2, 0.25) is 5.91 Å². The van der Waals surface area contributed by atoms with Crippen molar-refractivity contribution in [3.63, 3.8) is 0 Å². The van der Waals surface area contributed by atoms with Gasteiger partial charge in [0.1, 0.15) is 0 Å². The number of nitrogens with one attached hydrogen (secondary N) is 1. The number of amides is 1. The average molecular weight is 337 g/mol. The lowest BCUT2D eigenvalue weighted by Crippen LogP contribution is -2.42. The number of nitrogens with zero attached hydrogens (tertiary/aromatic N) is 2. The van der Waals surface area contributed by atoms with E-state index in [0.717, 1.165) is 37.2 Å². The molecule has 1 N–H and O–H groups in total. The fourth-order valence-corrected chi connectivity index (χ4v) is 3.20. The molecule has 1 aromatic carbocycles. The van der Waals surface area contributed by atoms with Gasteiger partial charge in [0.25, 0.3) is 0 Å². The summed E-state index contributed by atoms with van der Waals surface area (Å²) in [6.45, 7) is 1.33. The van der Waals surface area contributed by atoms with Crippen LogP contribution in [0.25, 0.3) is 10.9 Å². The van der Waals surface area contributed by atoms with Crippen molar-refractivity contribution >= 4 is 22.5 Å². The summed E-state index contributed by atoms with van der Waals surface area (Å²) in [5.74, 6) is -0.112. The molecule has 1 unspecified atom stereocenters. The molecule has 0 aliphatic carbocycles. The number of halogens is 3. The number of fused-ring (bicyclic) bond motifs is 1. The molecule has 3 rings (SSSR count). The van der Waals surface area contributed by atoms with Crippen molar-refractivity contribution in [3.05, 3.63) is 36.0 Å². The van der Waals surface area contributed by atoms with Gasteiger partial charge in [0.15, 0.2) is 0 Å². The maximum absolute atomic E-state index is 12.9. The average Bonchev–Trinajstić information content (AvgIpc) is 2.59. The van der Waals surface area contributed by atoms with E-state index in [0.29, 0.717) is 17.4 Å². The van der Waals surface area contributed by atoms with E-state index in [1.54, 1.807) is 13.1 Å². The van der Waals surface area contributed by atoms with E-state index in [1.807, 2.05) is 0 Å². The van der Waals surface area contributed by atoms with Crippen LogP contribution in [0.1, 0.15) is 18.4 Å². The van der Waals surface area contributed by atoms with E-state index in [4.69, 9.17) is 0 Å². The van der Waals surface area contributed by atoms with Crippen LogP contribution in [-0.4, -0.2) is 31.0 Å². The molecule has 0 spiro atoms. The molecule has 1 atom stereocenters. The first kappa shape index (κ1) is 16.5. The van der Waals surface area contributed by atoms with E-state index in [1.165, 1.54) is 12.3 Å². The summed E-state index contributed by atoms with van der Waals surface area (Å²) in [5, 5.41) is 3.33. The Morgan fingerprint density at radius 3 is 2.83 bits per heavy atom. The second-order valence-corrected chi connectivity index (χ2v) is 5.96. The van der Waals surface area contributed by atoms with Gasteiger partial charge < -0.3 is 10.2 Å². The summed E-state index contributed by atoms with van der Waals surface area (Å²) in [6.07, 6.45) is -1.19. The Bertz CT molecular complexity index is 760. The van der Waals surface area contributed by atoms with Gasteiger partial charge >= 0.3 is 6.18 Å². The second kappa shape index (κ2) is 6.30. The van der Waals surface area contributed by atoms with Crippen molar-refractivity contribution in [1.82, 2.24) is 10.3 Å². The van der Waals surface area contributed by atoms with Crippen LogP contribution in [0, 0.1) is 5.92 Å². The van der Waals surface area contributed by atoms with Crippen LogP contribution in [0.3, 0.4) is 0 Å². The fraction of sp³-hybridized carbons (Fsp3) is 0.412. The second-order valence-electron chi connectivity index (χ2n) is 5.96. The quantitative estimate of drug-likeness (QED) is 0.915. The van der Waals surface area contributed by atoms with E-state index < -0.39 is 11.7 Å². The number of rotatable bonds is 2. The molecule has 7 heteroatoms. The van der Waals surface area contributed by atoms with E-state index in [2.05, 4.69) is 15.2 Å². The van der Waals surface area contributed by atoms with Gasteiger partial charge in [-0.1, -0.05) is 6.07 Å². The zero-order valence-corrected chi connectivity index (χ0v) is 13.2. The first-order valence-corrected chi connectivity index (χ1v) is 7.82.